The molecule has 162 valence electrons. The second kappa shape index (κ2) is 9.72. The molecule has 29 heavy (non-hydrogen) atoms. The number of allylic oxidation sites excluding steroid dienone is 5. The van der Waals surface area contributed by atoms with Gasteiger partial charge < -0.3 is 0 Å². The Balaban J connectivity index is 0.00000210. The van der Waals surface area contributed by atoms with E-state index >= 15 is 0 Å². The molecular formula is C25H40Cl2SiZr. The van der Waals surface area contributed by atoms with Gasteiger partial charge in [-0.2, -0.15) is 0 Å². The molecular weight excluding hydrogens is 490 g/mol. The van der Waals surface area contributed by atoms with Gasteiger partial charge in [0.1, 0.15) is 0 Å². The zero-order chi connectivity index (χ0) is 20.3. The molecule has 3 atom stereocenters. The molecule has 3 unspecified atom stereocenters. The molecule has 0 saturated heterocycles. The Morgan fingerprint density at radius 2 is 1.55 bits per heavy atom. The molecule has 0 nitrogen and oxygen atoms in total. The zero-order valence-electron chi connectivity index (χ0n) is 19.9. The molecule has 0 N–H and O–H groups in total. The fourth-order valence-corrected chi connectivity index (χ4v) is 27.5. The minimum absolute atomic E-state index is 0. The predicted molar refractivity (Wildman–Crippen MR) is 137 cm³/mol. The number of benzene rings is 1. The molecule has 0 bridgehead atoms. The summed E-state index contributed by atoms with van der Waals surface area (Å²) in [6.07, 6.45) is 5.08. The van der Waals surface area contributed by atoms with Gasteiger partial charge in [-0.1, -0.05) is 0 Å². The first-order valence-electron chi connectivity index (χ1n) is 10.7. The van der Waals surface area contributed by atoms with Crippen LogP contribution in [0.25, 0.3) is 6.08 Å². The summed E-state index contributed by atoms with van der Waals surface area (Å²) < 4.78 is 5.39. The third-order valence-electron chi connectivity index (χ3n) is 7.06. The van der Waals surface area contributed by atoms with Crippen LogP contribution in [0.2, 0.25) is 4.63 Å². The summed E-state index contributed by atoms with van der Waals surface area (Å²) in [6, 6.07) is 5.08. The number of hydrogen-bond acceptors (Lipinski definition) is 0. The van der Waals surface area contributed by atoms with Crippen LogP contribution in [0.1, 0.15) is 93.1 Å². The zero-order valence-corrected chi connectivity index (χ0v) is 26.0. The van der Waals surface area contributed by atoms with E-state index in [1.807, 2.05) is 3.28 Å². The first-order valence-corrected chi connectivity index (χ1v) is 24.2. The van der Waals surface area contributed by atoms with E-state index in [0.29, 0.717) is 17.8 Å². The molecule has 3 rings (SSSR count). The average Bonchev–Trinajstić information content (AvgIpc) is 3.01. The van der Waals surface area contributed by atoms with E-state index < -0.39 is 19.4 Å². The molecule has 1 aromatic carbocycles. The van der Waals surface area contributed by atoms with E-state index in [2.05, 4.69) is 84.3 Å². The van der Waals surface area contributed by atoms with E-state index in [9.17, 15) is 0 Å². The molecule has 0 saturated carbocycles. The largest absolute Gasteiger partial charge is 0.147 e. The van der Waals surface area contributed by atoms with Crippen molar-refractivity contribution in [3.8, 4) is 0 Å². The maximum Gasteiger partial charge on any atom is -0.147 e. The summed E-state index contributed by atoms with van der Waals surface area (Å²) in [5.41, 5.74) is 11.2. The maximum absolute atomic E-state index is 2.75. The van der Waals surface area contributed by atoms with E-state index in [1.165, 1.54) is 18.5 Å². The van der Waals surface area contributed by atoms with Crippen LogP contribution in [-0.4, -0.2) is 7.37 Å². The Labute approximate surface area is 198 Å². The molecule has 0 fully saturated rings. The molecule has 2 aliphatic rings. The minimum Gasteiger partial charge on any atom is -0.147 e. The van der Waals surface area contributed by atoms with Crippen LogP contribution in [0.3, 0.4) is 0 Å². The van der Waals surface area contributed by atoms with Crippen LogP contribution in [0.5, 0.6) is 0 Å². The summed E-state index contributed by atoms with van der Waals surface area (Å²) in [6.45, 7) is 19.0. The Morgan fingerprint density at radius 3 is 2.00 bits per heavy atom. The van der Waals surface area contributed by atoms with Gasteiger partial charge in [-0.15, -0.1) is 24.8 Å². The van der Waals surface area contributed by atoms with Crippen LogP contribution < -0.4 is 0 Å². The van der Waals surface area contributed by atoms with E-state index in [-0.39, 0.29) is 24.8 Å². The van der Waals surface area contributed by atoms with Crippen molar-refractivity contribution in [3.63, 3.8) is 0 Å². The van der Waals surface area contributed by atoms with Gasteiger partial charge in [-0.05, 0) is 0 Å². The van der Waals surface area contributed by atoms with Crippen molar-refractivity contribution >= 4 is 38.3 Å². The van der Waals surface area contributed by atoms with Crippen molar-refractivity contribution < 1.29 is 19.4 Å². The molecule has 0 aliphatic heterocycles. The molecule has 1 aromatic rings. The summed E-state index contributed by atoms with van der Waals surface area (Å²) in [4.78, 5) is 0. The fraction of sp³-hybridized carbons (Fsp3) is 0.520. The van der Waals surface area contributed by atoms with Gasteiger partial charge in [-0.25, -0.2) is 0 Å². The first kappa shape index (κ1) is 27.2. The fourth-order valence-electron chi connectivity index (χ4n) is 5.82. The summed E-state index contributed by atoms with van der Waals surface area (Å²) in [5.74, 6) is 1.85. The Morgan fingerprint density at radius 1 is 0.966 bits per heavy atom. The van der Waals surface area contributed by atoms with Crippen molar-refractivity contribution in [2.24, 2.45) is 5.92 Å². The minimum atomic E-state index is -2.46. The summed E-state index contributed by atoms with van der Waals surface area (Å²) in [5, 5.41) is 0. The van der Waals surface area contributed by atoms with Gasteiger partial charge in [0.15, 0.2) is 0 Å². The monoisotopic (exact) mass is 528 g/mol. The van der Waals surface area contributed by atoms with Crippen LogP contribution in [0.15, 0.2) is 38.2 Å². The van der Waals surface area contributed by atoms with Crippen LogP contribution in [0.4, 0.5) is 0 Å². The molecule has 2 aliphatic carbocycles. The SMILES string of the molecule is CC1=CC(C)[C]([Zr]([CH3])([SiH3])[CH]2C(C)=Cc3c(C(C)C)cc(C(C)C)cc32)=C1C.Cl.Cl. The molecule has 4 heteroatoms. The summed E-state index contributed by atoms with van der Waals surface area (Å²) in [7, 11) is 1.37. The van der Waals surface area contributed by atoms with Gasteiger partial charge in [0.05, 0.1) is 0 Å². The molecule has 0 spiro atoms. The van der Waals surface area contributed by atoms with Crippen LogP contribution in [-0.2, 0) is 19.4 Å². The normalized spacial score (nSPS) is 22.9. The Kier molecular flexibility index (Phi) is 9.10. The van der Waals surface area contributed by atoms with E-state index in [1.54, 1.807) is 27.8 Å². The van der Waals surface area contributed by atoms with Crippen molar-refractivity contribution in [2.45, 2.75) is 75.5 Å². The van der Waals surface area contributed by atoms with Crippen molar-refractivity contribution in [1.29, 1.82) is 0 Å². The summed E-state index contributed by atoms with van der Waals surface area (Å²) >= 11 is -2.46. The van der Waals surface area contributed by atoms with Gasteiger partial charge in [0.25, 0.3) is 0 Å². The van der Waals surface area contributed by atoms with Crippen LogP contribution in [0, 0.1) is 5.92 Å². The van der Waals surface area contributed by atoms with Gasteiger partial charge in [0, 0.05) is 0 Å². The van der Waals surface area contributed by atoms with E-state index in [4.69, 9.17) is 0 Å². The van der Waals surface area contributed by atoms with Crippen molar-refractivity contribution in [3.05, 3.63) is 60.5 Å². The number of rotatable bonds is 4. The third-order valence-corrected chi connectivity index (χ3v) is 24.5. The number of halogens is 2. The second-order valence-corrected chi connectivity index (χ2v) is 33.6. The smallest absolute Gasteiger partial charge is 0.147 e. The Bertz CT molecular complexity index is 875. The Hall–Kier alpha value is 0.120. The van der Waals surface area contributed by atoms with E-state index in [0.717, 1.165) is 3.63 Å². The van der Waals surface area contributed by atoms with Gasteiger partial charge >= 0.3 is 175 Å². The average molecular weight is 531 g/mol. The first-order chi connectivity index (χ1) is 12.5. The topological polar surface area (TPSA) is 0 Å². The number of fused-ring (bicyclic) bond motifs is 1. The van der Waals surface area contributed by atoms with Crippen molar-refractivity contribution in [2.75, 3.05) is 0 Å². The standard InChI is InChI=1S/C16H21.C8H11.CH3.2ClH.H3Si.Zr/c1-10(2)13-8-14-6-12(5)7-16(14)15(9-13)11(3)4;1-6-4-7(2)8(3)5-6;;;;;/h6-11H,1-5H3;4,6H,1-3H3;1H3;2*1H;1H3;. The van der Waals surface area contributed by atoms with Crippen molar-refractivity contribution in [1.82, 2.24) is 0 Å². The quantitative estimate of drug-likeness (QED) is 0.352. The van der Waals surface area contributed by atoms with Gasteiger partial charge in [0.2, 0.25) is 0 Å². The second-order valence-electron chi connectivity index (χ2n) is 10.1. The molecule has 0 amide bonds. The van der Waals surface area contributed by atoms with Gasteiger partial charge in [-0.3, -0.25) is 0 Å². The number of hydrogen-bond donors (Lipinski definition) is 0. The predicted octanol–water partition coefficient (Wildman–Crippen LogP) is 7.59. The molecule has 0 heterocycles. The maximum atomic E-state index is 2.75. The van der Waals surface area contributed by atoms with Crippen LogP contribution >= 0.6 is 24.8 Å². The molecule has 0 radical (unpaired) electrons. The third kappa shape index (κ3) is 4.67. The molecule has 0 aromatic heterocycles.